The Morgan fingerprint density at radius 1 is 1.05 bits per heavy atom. The van der Waals surface area contributed by atoms with E-state index in [9.17, 15) is 4.79 Å². The van der Waals surface area contributed by atoms with E-state index < -0.39 is 0 Å². The van der Waals surface area contributed by atoms with Crippen molar-refractivity contribution in [2.24, 2.45) is 5.92 Å². The molecule has 0 saturated heterocycles. The van der Waals surface area contributed by atoms with Crippen molar-refractivity contribution in [2.45, 2.75) is 30.1 Å². The lowest BCUT2D eigenvalue weighted by molar-refractivity contribution is 0.0938. The molecule has 1 aliphatic heterocycles. The van der Waals surface area contributed by atoms with E-state index in [4.69, 9.17) is 0 Å². The first-order chi connectivity index (χ1) is 9.16. The van der Waals surface area contributed by atoms with E-state index in [1.165, 1.54) is 20.9 Å². The van der Waals surface area contributed by atoms with Gasteiger partial charge in [0.05, 0.1) is 0 Å². The maximum atomic E-state index is 12.3. The molecule has 2 aromatic carbocycles. The number of fused-ring (bicyclic) bond motifs is 2. The zero-order valence-electron chi connectivity index (χ0n) is 11.1. The summed E-state index contributed by atoms with van der Waals surface area (Å²) in [4.78, 5) is 14.9. The van der Waals surface area contributed by atoms with Crippen LogP contribution >= 0.6 is 11.8 Å². The number of hydrogen-bond donors (Lipinski definition) is 0. The van der Waals surface area contributed by atoms with Crippen LogP contribution in [0, 0.1) is 5.92 Å². The summed E-state index contributed by atoms with van der Waals surface area (Å²) in [6.45, 7) is 3.93. The second-order valence-electron chi connectivity index (χ2n) is 5.19. The Labute approximate surface area is 118 Å². The molecular weight excluding hydrogens is 252 g/mol. The summed E-state index contributed by atoms with van der Waals surface area (Å²) in [5.41, 5.74) is 3.42. The molecule has 0 bridgehead atoms. The fourth-order valence-electron chi connectivity index (χ4n) is 2.44. The van der Waals surface area contributed by atoms with Crippen molar-refractivity contribution in [3.8, 4) is 0 Å². The zero-order valence-corrected chi connectivity index (χ0v) is 12.0. The van der Waals surface area contributed by atoms with Crippen molar-refractivity contribution in [3.63, 3.8) is 0 Å². The van der Waals surface area contributed by atoms with Crippen LogP contribution in [0.3, 0.4) is 0 Å². The van der Waals surface area contributed by atoms with Gasteiger partial charge >= 0.3 is 0 Å². The van der Waals surface area contributed by atoms with Crippen molar-refractivity contribution in [1.29, 1.82) is 0 Å². The Morgan fingerprint density at radius 3 is 2.58 bits per heavy atom. The largest absolute Gasteiger partial charge is 0.294 e. The van der Waals surface area contributed by atoms with Crippen LogP contribution < -0.4 is 0 Å². The molecule has 0 aliphatic carbocycles. The Bertz CT molecular complexity index is 643. The van der Waals surface area contributed by atoms with E-state index in [1.807, 2.05) is 26.0 Å². The van der Waals surface area contributed by atoms with Crippen molar-refractivity contribution < 1.29 is 4.79 Å². The molecule has 2 heteroatoms. The normalized spacial score (nSPS) is 13.0. The van der Waals surface area contributed by atoms with Gasteiger partial charge in [-0.1, -0.05) is 55.9 Å². The van der Waals surface area contributed by atoms with Crippen LogP contribution in [0.4, 0.5) is 0 Å². The third kappa shape index (κ3) is 2.21. The van der Waals surface area contributed by atoms with Crippen molar-refractivity contribution >= 4 is 17.5 Å². The Morgan fingerprint density at radius 2 is 1.79 bits per heavy atom. The highest BCUT2D eigenvalue weighted by atomic mass is 32.2. The van der Waals surface area contributed by atoms with E-state index in [0.29, 0.717) is 0 Å². The van der Waals surface area contributed by atoms with E-state index in [-0.39, 0.29) is 11.7 Å². The number of ketones is 1. The third-order valence-corrected chi connectivity index (χ3v) is 4.70. The fourth-order valence-corrected chi connectivity index (χ4v) is 3.55. The smallest absolute Gasteiger partial charge is 0.165 e. The SMILES string of the molecule is CC(C)C(=O)c1cccc2c1Cc1ccccc1S2. The van der Waals surface area contributed by atoms with Gasteiger partial charge in [0.1, 0.15) is 0 Å². The van der Waals surface area contributed by atoms with Crippen LogP contribution in [-0.4, -0.2) is 5.78 Å². The van der Waals surface area contributed by atoms with Crippen molar-refractivity contribution in [1.82, 2.24) is 0 Å². The number of Topliss-reactive ketones (excluding diaryl/α,β-unsaturated/α-hetero) is 1. The van der Waals surface area contributed by atoms with Crippen LogP contribution in [0.15, 0.2) is 52.3 Å². The summed E-state index contributed by atoms with van der Waals surface area (Å²) in [6, 6.07) is 14.5. The molecule has 0 fully saturated rings. The topological polar surface area (TPSA) is 17.1 Å². The van der Waals surface area contributed by atoms with E-state index in [0.717, 1.165) is 12.0 Å². The summed E-state index contributed by atoms with van der Waals surface area (Å²) in [7, 11) is 0. The molecule has 0 atom stereocenters. The maximum Gasteiger partial charge on any atom is 0.165 e. The Balaban J connectivity index is 2.09. The van der Waals surface area contributed by atoms with Gasteiger partial charge in [-0.05, 0) is 23.3 Å². The second kappa shape index (κ2) is 4.86. The lowest BCUT2D eigenvalue weighted by Gasteiger charge is -2.21. The maximum absolute atomic E-state index is 12.3. The number of benzene rings is 2. The fraction of sp³-hybridized carbons (Fsp3) is 0.235. The summed E-state index contributed by atoms with van der Waals surface area (Å²) < 4.78 is 0. The first kappa shape index (κ1) is 12.5. The number of carbonyl (C=O) groups excluding carboxylic acids is 1. The Kier molecular flexibility index (Phi) is 3.19. The van der Waals surface area contributed by atoms with Crippen LogP contribution in [0.5, 0.6) is 0 Å². The number of hydrogen-bond acceptors (Lipinski definition) is 2. The van der Waals surface area contributed by atoms with E-state index in [1.54, 1.807) is 11.8 Å². The Hall–Kier alpha value is -1.54. The molecule has 0 spiro atoms. The summed E-state index contributed by atoms with van der Waals surface area (Å²) >= 11 is 1.77. The lowest BCUT2D eigenvalue weighted by Crippen LogP contribution is -2.13. The average molecular weight is 268 g/mol. The minimum atomic E-state index is 0.0497. The van der Waals surface area contributed by atoms with E-state index >= 15 is 0 Å². The van der Waals surface area contributed by atoms with Crippen LogP contribution in [0.25, 0.3) is 0 Å². The molecule has 2 aromatic rings. The highest BCUT2D eigenvalue weighted by Crippen LogP contribution is 2.40. The summed E-state index contributed by atoms with van der Waals surface area (Å²) in [5, 5.41) is 0. The highest BCUT2D eigenvalue weighted by molar-refractivity contribution is 7.99. The molecular formula is C17H16OS. The summed E-state index contributed by atoms with van der Waals surface area (Å²) in [6.07, 6.45) is 0.868. The van der Waals surface area contributed by atoms with Crippen molar-refractivity contribution in [3.05, 3.63) is 59.2 Å². The van der Waals surface area contributed by atoms with Gasteiger partial charge in [0.2, 0.25) is 0 Å². The zero-order chi connectivity index (χ0) is 13.4. The molecule has 96 valence electrons. The molecule has 0 N–H and O–H groups in total. The quantitative estimate of drug-likeness (QED) is 0.633. The predicted octanol–water partition coefficient (Wildman–Crippen LogP) is 4.58. The van der Waals surface area contributed by atoms with Gasteiger partial charge in [0.25, 0.3) is 0 Å². The molecule has 0 radical (unpaired) electrons. The minimum absolute atomic E-state index is 0.0497. The summed E-state index contributed by atoms with van der Waals surface area (Å²) in [5.74, 6) is 0.297. The van der Waals surface area contributed by atoms with Gasteiger partial charge in [-0.25, -0.2) is 0 Å². The predicted molar refractivity (Wildman–Crippen MR) is 79.0 cm³/mol. The van der Waals surface area contributed by atoms with Gasteiger partial charge in [-0.2, -0.15) is 0 Å². The molecule has 3 rings (SSSR count). The minimum Gasteiger partial charge on any atom is -0.294 e. The lowest BCUT2D eigenvalue weighted by atomic mass is 9.92. The first-order valence-electron chi connectivity index (χ1n) is 6.58. The van der Waals surface area contributed by atoms with Gasteiger partial charge in [0.15, 0.2) is 5.78 Å². The van der Waals surface area contributed by atoms with Gasteiger partial charge < -0.3 is 0 Å². The monoisotopic (exact) mass is 268 g/mol. The van der Waals surface area contributed by atoms with Crippen LogP contribution in [0.1, 0.15) is 35.3 Å². The average Bonchev–Trinajstić information content (AvgIpc) is 2.43. The molecule has 0 aromatic heterocycles. The third-order valence-electron chi connectivity index (χ3n) is 3.48. The second-order valence-corrected chi connectivity index (χ2v) is 6.27. The molecule has 19 heavy (non-hydrogen) atoms. The molecule has 0 amide bonds. The first-order valence-corrected chi connectivity index (χ1v) is 7.40. The molecule has 1 heterocycles. The molecule has 0 saturated carbocycles. The van der Waals surface area contributed by atoms with Crippen molar-refractivity contribution in [2.75, 3.05) is 0 Å². The molecule has 1 nitrogen and oxygen atoms in total. The molecule has 1 aliphatic rings. The van der Waals surface area contributed by atoms with Crippen LogP contribution in [0.2, 0.25) is 0 Å². The molecule has 0 unspecified atom stereocenters. The van der Waals surface area contributed by atoms with Gasteiger partial charge in [-0.15, -0.1) is 0 Å². The van der Waals surface area contributed by atoms with Gasteiger partial charge in [-0.3, -0.25) is 4.79 Å². The van der Waals surface area contributed by atoms with Gasteiger partial charge in [0, 0.05) is 27.7 Å². The van der Waals surface area contributed by atoms with E-state index in [2.05, 4.69) is 30.3 Å². The number of carbonyl (C=O) groups is 1. The van der Waals surface area contributed by atoms with Crippen LogP contribution in [-0.2, 0) is 6.42 Å². The standard InChI is InChI=1S/C17H16OS/c1-11(2)17(18)13-7-5-9-16-14(13)10-12-6-3-4-8-15(12)19-16/h3-9,11H,10H2,1-2H3. The highest BCUT2D eigenvalue weighted by Gasteiger charge is 2.22. The number of rotatable bonds is 2.